The molecule has 2 N–H and O–H groups in total. The van der Waals surface area contributed by atoms with Crippen LogP contribution in [0.1, 0.15) is 26.0 Å². The zero-order chi connectivity index (χ0) is 18.6. The van der Waals surface area contributed by atoms with Crippen molar-refractivity contribution in [3.8, 4) is 0 Å². The Hall–Kier alpha value is -1.90. The third-order valence-corrected chi connectivity index (χ3v) is 4.07. The molecule has 0 saturated carbocycles. The van der Waals surface area contributed by atoms with Gasteiger partial charge in [0, 0.05) is 25.7 Å². The first-order chi connectivity index (χ1) is 11.7. The molecule has 1 fully saturated rings. The maximum absolute atomic E-state index is 13.2. The highest BCUT2D eigenvalue weighted by Crippen LogP contribution is 2.32. The van der Waals surface area contributed by atoms with Gasteiger partial charge in [-0.2, -0.15) is 18.2 Å². The van der Waals surface area contributed by atoms with Crippen LogP contribution in [0.5, 0.6) is 0 Å². The predicted octanol–water partition coefficient (Wildman–Crippen LogP) is 3.45. The zero-order valence-corrected chi connectivity index (χ0v) is 15.0. The minimum atomic E-state index is -4.56. The average molecular weight is 373 g/mol. The molecule has 0 amide bonds. The molecule has 2 rings (SSSR count). The van der Waals surface area contributed by atoms with E-state index in [4.69, 9.17) is 12.2 Å². The minimum Gasteiger partial charge on any atom is -0.359 e. The van der Waals surface area contributed by atoms with Crippen molar-refractivity contribution in [3.63, 3.8) is 0 Å². The number of halogens is 3. The fraction of sp³-hybridized carbons (Fsp3) is 0.562. The van der Waals surface area contributed by atoms with Gasteiger partial charge in [0.05, 0.1) is 0 Å². The fourth-order valence-electron chi connectivity index (χ4n) is 2.96. The molecule has 0 spiro atoms. The van der Waals surface area contributed by atoms with Gasteiger partial charge in [-0.1, -0.05) is 19.9 Å². The van der Waals surface area contributed by atoms with Crippen LogP contribution in [0.25, 0.3) is 0 Å². The molecule has 0 aromatic carbocycles. The number of nitrogens with one attached hydrogen (secondary N) is 2. The average Bonchev–Trinajstić information content (AvgIpc) is 2.51. The second-order valence-corrected chi connectivity index (χ2v) is 6.82. The fourth-order valence-corrected chi connectivity index (χ4v) is 3.13. The lowest BCUT2D eigenvalue weighted by Crippen LogP contribution is -2.39. The summed E-state index contributed by atoms with van der Waals surface area (Å²) in [4.78, 5) is 9.67. The van der Waals surface area contributed by atoms with Gasteiger partial charge < -0.3 is 15.5 Å². The smallest absolute Gasteiger partial charge is 0.359 e. The molecule has 25 heavy (non-hydrogen) atoms. The van der Waals surface area contributed by atoms with Crippen LogP contribution in [0.15, 0.2) is 18.7 Å². The quantitative estimate of drug-likeness (QED) is 0.623. The molecule has 1 aromatic heterocycles. The standard InChI is InChI=1S/C16H22F3N5S/c1-4-5-20-15(25)23-14-21-12(16(17,18)19)7-13(22-14)24-8-10(2)6-11(3)9-24/h4,7,10-11H,1,5-6,8-9H2,2-3H3,(H2,20,21,22,23,25). The van der Waals surface area contributed by atoms with Gasteiger partial charge in [0.25, 0.3) is 0 Å². The van der Waals surface area contributed by atoms with E-state index in [1.54, 1.807) is 6.08 Å². The molecule has 9 heteroatoms. The highest BCUT2D eigenvalue weighted by atomic mass is 32.1. The summed E-state index contributed by atoms with van der Waals surface area (Å²) in [6.07, 6.45) is -1.92. The van der Waals surface area contributed by atoms with Crippen molar-refractivity contribution in [1.82, 2.24) is 15.3 Å². The third-order valence-electron chi connectivity index (χ3n) is 3.83. The molecule has 138 valence electrons. The Labute approximate surface area is 150 Å². The molecule has 0 aliphatic carbocycles. The highest BCUT2D eigenvalue weighted by Gasteiger charge is 2.35. The van der Waals surface area contributed by atoms with Crippen LogP contribution in [0.4, 0.5) is 24.9 Å². The van der Waals surface area contributed by atoms with Crippen LogP contribution < -0.4 is 15.5 Å². The predicted molar refractivity (Wildman–Crippen MR) is 96.6 cm³/mol. The van der Waals surface area contributed by atoms with E-state index in [0.29, 0.717) is 31.5 Å². The van der Waals surface area contributed by atoms with Gasteiger partial charge in [0.2, 0.25) is 5.95 Å². The second-order valence-electron chi connectivity index (χ2n) is 6.41. The molecule has 1 aromatic rings. The number of hydrogen-bond donors (Lipinski definition) is 2. The van der Waals surface area contributed by atoms with Crippen molar-refractivity contribution in [2.75, 3.05) is 29.9 Å². The van der Waals surface area contributed by atoms with E-state index in [-0.39, 0.29) is 16.9 Å². The Balaban J connectivity index is 2.30. The first-order valence-electron chi connectivity index (χ1n) is 8.06. The zero-order valence-electron chi connectivity index (χ0n) is 14.2. The highest BCUT2D eigenvalue weighted by molar-refractivity contribution is 7.80. The van der Waals surface area contributed by atoms with Gasteiger partial charge in [-0.25, -0.2) is 4.98 Å². The first-order valence-corrected chi connectivity index (χ1v) is 8.46. The summed E-state index contributed by atoms with van der Waals surface area (Å²) in [6.45, 7) is 9.43. The molecule has 5 nitrogen and oxygen atoms in total. The van der Waals surface area contributed by atoms with Crippen LogP contribution in [0, 0.1) is 11.8 Å². The summed E-state index contributed by atoms with van der Waals surface area (Å²) in [7, 11) is 0. The van der Waals surface area contributed by atoms with Crippen LogP contribution in [-0.4, -0.2) is 34.7 Å². The topological polar surface area (TPSA) is 53.1 Å². The Morgan fingerprint density at radius 1 is 1.36 bits per heavy atom. The molecule has 2 unspecified atom stereocenters. The lowest BCUT2D eigenvalue weighted by Gasteiger charge is -2.36. The van der Waals surface area contributed by atoms with E-state index in [0.717, 1.165) is 12.5 Å². The van der Waals surface area contributed by atoms with Crippen LogP contribution >= 0.6 is 12.2 Å². The van der Waals surface area contributed by atoms with Crippen molar-refractivity contribution in [1.29, 1.82) is 0 Å². The molecule has 1 saturated heterocycles. The lowest BCUT2D eigenvalue weighted by molar-refractivity contribution is -0.141. The normalized spacial score (nSPS) is 20.9. The van der Waals surface area contributed by atoms with E-state index >= 15 is 0 Å². The molecule has 2 atom stereocenters. The van der Waals surface area contributed by atoms with Gasteiger partial charge in [-0.05, 0) is 30.5 Å². The summed E-state index contributed by atoms with van der Waals surface area (Å²) in [5.74, 6) is 0.867. The molecule has 0 bridgehead atoms. The van der Waals surface area contributed by atoms with E-state index in [1.165, 1.54) is 0 Å². The van der Waals surface area contributed by atoms with Gasteiger partial charge in [-0.3, -0.25) is 0 Å². The number of anilines is 2. The van der Waals surface area contributed by atoms with Gasteiger partial charge in [0.1, 0.15) is 5.82 Å². The Kier molecular flexibility index (Phi) is 6.21. The van der Waals surface area contributed by atoms with Crippen LogP contribution in [0.3, 0.4) is 0 Å². The minimum absolute atomic E-state index is 0.144. The summed E-state index contributed by atoms with van der Waals surface area (Å²) in [6, 6.07) is 0.996. The summed E-state index contributed by atoms with van der Waals surface area (Å²) < 4.78 is 39.6. The molecule has 0 radical (unpaired) electrons. The number of nitrogens with zero attached hydrogens (tertiary/aromatic N) is 3. The molecular weight excluding hydrogens is 351 g/mol. The Morgan fingerprint density at radius 2 is 2.00 bits per heavy atom. The van der Waals surface area contributed by atoms with Gasteiger partial charge in [-0.15, -0.1) is 6.58 Å². The molecular formula is C16H22F3N5S. The molecule has 2 heterocycles. The van der Waals surface area contributed by atoms with Crippen molar-refractivity contribution in [3.05, 3.63) is 24.4 Å². The van der Waals surface area contributed by atoms with E-state index in [9.17, 15) is 13.2 Å². The number of rotatable bonds is 4. The van der Waals surface area contributed by atoms with Gasteiger partial charge in [0.15, 0.2) is 10.8 Å². The SMILES string of the molecule is C=CCNC(=S)Nc1nc(N2CC(C)CC(C)C2)cc(C(F)(F)F)n1. The van der Waals surface area contributed by atoms with Crippen LogP contribution in [0.2, 0.25) is 0 Å². The Morgan fingerprint density at radius 3 is 2.56 bits per heavy atom. The monoisotopic (exact) mass is 373 g/mol. The van der Waals surface area contributed by atoms with Crippen molar-refractivity contribution >= 4 is 29.1 Å². The van der Waals surface area contributed by atoms with Crippen LogP contribution in [-0.2, 0) is 6.18 Å². The molecule has 1 aliphatic rings. The Bertz CT molecular complexity index is 625. The summed E-state index contributed by atoms with van der Waals surface area (Å²) in [5, 5.41) is 5.54. The maximum atomic E-state index is 13.2. The molecule has 1 aliphatic heterocycles. The number of thiocarbonyl (C=S) groups is 1. The van der Waals surface area contributed by atoms with E-state index in [2.05, 4.69) is 41.0 Å². The largest absolute Gasteiger partial charge is 0.433 e. The second kappa shape index (κ2) is 7.99. The van der Waals surface area contributed by atoms with Crippen molar-refractivity contribution in [2.24, 2.45) is 11.8 Å². The number of alkyl halides is 3. The van der Waals surface area contributed by atoms with E-state index in [1.807, 2.05) is 4.90 Å². The van der Waals surface area contributed by atoms with Crippen molar-refractivity contribution in [2.45, 2.75) is 26.4 Å². The number of hydrogen-bond acceptors (Lipinski definition) is 4. The summed E-state index contributed by atoms with van der Waals surface area (Å²) >= 11 is 5.03. The summed E-state index contributed by atoms with van der Waals surface area (Å²) in [5.41, 5.74) is -0.989. The lowest BCUT2D eigenvalue weighted by atomic mass is 9.92. The number of aromatic nitrogens is 2. The maximum Gasteiger partial charge on any atom is 0.433 e. The third kappa shape index (κ3) is 5.55. The first kappa shape index (κ1) is 19.4. The van der Waals surface area contributed by atoms with Crippen molar-refractivity contribution < 1.29 is 13.2 Å². The van der Waals surface area contributed by atoms with E-state index < -0.39 is 11.9 Å². The van der Waals surface area contributed by atoms with Gasteiger partial charge >= 0.3 is 6.18 Å². The number of piperidine rings is 1.